The standard InChI is InChI=1S/C16H19NO4.Na/c1-20-15-5-10-3-4-17-8-11(9-18)14(19)7-13(17)12(10)6-16(15)21-2;/h5-6,9,13,18H,3-4,7-8H2,1-2H3;/q;+1/p-1/t13-;/m1./s1. The van der Waals surface area contributed by atoms with E-state index < -0.39 is 0 Å². The zero-order chi connectivity index (χ0) is 15.0. The van der Waals surface area contributed by atoms with Gasteiger partial charge in [-0.3, -0.25) is 9.69 Å². The van der Waals surface area contributed by atoms with E-state index in [-0.39, 0.29) is 41.4 Å². The van der Waals surface area contributed by atoms with Crippen molar-refractivity contribution in [3.8, 4) is 11.5 Å². The maximum atomic E-state index is 12.0. The van der Waals surface area contributed by atoms with Crippen molar-refractivity contribution < 1.29 is 48.9 Å². The van der Waals surface area contributed by atoms with Crippen LogP contribution in [-0.2, 0) is 11.2 Å². The number of hydrogen-bond donors (Lipinski definition) is 0. The molecule has 2 aliphatic rings. The van der Waals surface area contributed by atoms with Crippen LogP contribution in [0.3, 0.4) is 0 Å². The first-order valence-electron chi connectivity index (χ1n) is 7.01. The molecule has 5 nitrogen and oxygen atoms in total. The molecule has 1 atom stereocenters. The smallest absolute Gasteiger partial charge is 0.878 e. The Labute approximate surface area is 152 Å². The predicted octanol–water partition coefficient (Wildman–Crippen LogP) is -2.18. The normalized spacial score (nSPS) is 22.5. The third-order valence-corrected chi connectivity index (χ3v) is 4.37. The van der Waals surface area contributed by atoms with E-state index in [1.807, 2.05) is 12.1 Å². The quantitative estimate of drug-likeness (QED) is 0.353. The molecule has 6 heteroatoms. The van der Waals surface area contributed by atoms with E-state index in [0.717, 1.165) is 18.5 Å². The summed E-state index contributed by atoms with van der Waals surface area (Å²) in [4.78, 5) is 14.2. The molecular weight excluding hydrogens is 293 g/mol. The topological polar surface area (TPSA) is 61.8 Å². The second kappa shape index (κ2) is 7.04. The van der Waals surface area contributed by atoms with Gasteiger partial charge in [0.25, 0.3) is 0 Å². The number of ether oxygens (including phenoxy) is 2. The van der Waals surface area contributed by atoms with Crippen molar-refractivity contribution in [2.75, 3.05) is 27.3 Å². The third-order valence-electron chi connectivity index (χ3n) is 4.37. The zero-order valence-corrected chi connectivity index (χ0v) is 15.2. The van der Waals surface area contributed by atoms with Crippen molar-refractivity contribution in [1.82, 2.24) is 4.90 Å². The van der Waals surface area contributed by atoms with Crippen LogP contribution in [0, 0.1) is 0 Å². The fourth-order valence-corrected chi connectivity index (χ4v) is 3.23. The number of benzene rings is 1. The minimum absolute atomic E-state index is 0. The number of carbonyl (C=O) groups excluding carboxylic acids is 1. The minimum atomic E-state index is -0.0473. The van der Waals surface area contributed by atoms with Crippen molar-refractivity contribution in [2.24, 2.45) is 0 Å². The van der Waals surface area contributed by atoms with Gasteiger partial charge in [-0.25, -0.2) is 0 Å². The van der Waals surface area contributed by atoms with Crippen molar-refractivity contribution >= 4 is 5.78 Å². The van der Waals surface area contributed by atoms with E-state index in [9.17, 15) is 9.90 Å². The van der Waals surface area contributed by atoms with Crippen LogP contribution in [0.2, 0.25) is 0 Å². The van der Waals surface area contributed by atoms with E-state index in [2.05, 4.69) is 4.90 Å². The number of rotatable bonds is 2. The number of nitrogens with zero attached hydrogens (tertiary/aromatic N) is 1. The summed E-state index contributed by atoms with van der Waals surface area (Å²) in [5, 5.41) is 11.0. The van der Waals surface area contributed by atoms with Crippen molar-refractivity contribution in [2.45, 2.75) is 18.9 Å². The van der Waals surface area contributed by atoms with Gasteiger partial charge in [-0.15, -0.1) is 6.26 Å². The molecule has 2 heterocycles. The first-order chi connectivity index (χ1) is 10.2. The third kappa shape index (κ3) is 2.91. The van der Waals surface area contributed by atoms with Crippen LogP contribution in [-0.4, -0.2) is 38.0 Å². The van der Waals surface area contributed by atoms with Gasteiger partial charge in [0, 0.05) is 25.6 Å². The van der Waals surface area contributed by atoms with Crippen molar-refractivity contribution in [3.63, 3.8) is 0 Å². The van der Waals surface area contributed by atoms with Gasteiger partial charge >= 0.3 is 29.6 Å². The Morgan fingerprint density at radius 3 is 2.59 bits per heavy atom. The van der Waals surface area contributed by atoms with Crippen LogP contribution in [0.25, 0.3) is 0 Å². The molecule has 1 aromatic rings. The number of hydrogen-bond acceptors (Lipinski definition) is 5. The summed E-state index contributed by atoms with van der Waals surface area (Å²) in [6, 6.07) is 3.99. The number of ketones is 1. The molecule has 1 aromatic carbocycles. The predicted molar refractivity (Wildman–Crippen MR) is 75.3 cm³/mol. The second-order valence-corrected chi connectivity index (χ2v) is 5.41. The Kier molecular flexibility index (Phi) is 5.55. The van der Waals surface area contributed by atoms with Crippen LogP contribution < -0.4 is 44.1 Å². The van der Waals surface area contributed by atoms with E-state index in [4.69, 9.17) is 9.47 Å². The van der Waals surface area contributed by atoms with Crippen LogP contribution in [0.4, 0.5) is 0 Å². The van der Waals surface area contributed by atoms with Crippen LogP contribution in [0.15, 0.2) is 24.0 Å². The van der Waals surface area contributed by atoms with E-state index >= 15 is 0 Å². The molecule has 0 spiro atoms. The second-order valence-electron chi connectivity index (χ2n) is 5.41. The van der Waals surface area contributed by atoms with Crippen LogP contribution in [0.5, 0.6) is 11.5 Å². The Bertz CT molecular complexity index is 614. The summed E-state index contributed by atoms with van der Waals surface area (Å²) in [5.74, 6) is 1.34. The fourth-order valence-electron chi connectivity index (χ4n) is 3.23. The first-order valence-corrected chi connectivity index (χ1v) is 7.01. The number of carbonyl (C=O) groups is 1. The molecule has 112 valence electrons. The Balaban J connectivity index is 0.00000176. The molecule has 2 aliphatic heterocycles. The van der Waals surface area contributed by atoms with E-state index in [1.165, 1.54) is 5.56 Å². The Morgan fingerprint density at radius 1 is 1.27 bits per heavy atom. The van der Waals surface area contributed by atoms with Gasteiger partial charge in [-0.1, -0.05) is 0 Å². The average Bonchev–Trinajstić information content (AvgIpc) is 2.52. The van der Waals surface area contributed by atoms with Gasteiger partial charge in [0.05, 0.1) is 14.2 Å². The molecular formula is C16H18NNaO4. The Hall–Kier alpha value is -1.01. The van der Waals surface area contributed by atoms with Gasteiger partial charge in [-0.2, -0.15) is 0 Å². The molecule has 0 radical (unpaired) electrons. The van der Waals surface area contributed by atoms with Crippen molar-refractivity contribution in [3.05, 3.63) is 35.1 Å². The fraction of sp³-hybridized carbons (Fsp3) is 0.438. The van der Waals surface area contributed by atoms with Gasteiger partial charge < -0.3 is 14.6 Å². The average molecular weight is 311 g/mol. The molecule has 0 unspecified atom stereocenters. The molecule has 1 saturated heterocycles. The summed E-state index contributed by atoms with van der Waals surface area (Å²) in [5.41, 5.74) is 2.68. The van der Waals surface area contributed by atoms with Gasteiger partial charge in [0.15, 0.2) is 17.3 Å². The van der Waals surface area contributed by atoms with Crippen LogP contribution in [0.1, 0.15) is 23.6 Å². The number of fused-ring (bicyclic) bond motifs is 3. The summed E-state index contributed by atoms with van der Waals surface area (Å²) >= 11 is 0. The van der Waals surface area contributed by atoms with E-state index in [0.29, 0.717) is 36.3 Å². The van der Waals surface area contributed by atoms with Gasteiger partial charge in [0.1, 0.15) is 0 Å². The molecule has 3 rings (SSSR count). The summed E-state index contributed by atoms with van der Waals surface area (Å²) < 4.78 is 10.7. The number of piperidine rings is 1. The molecule has 0 saturated carbocycles. The molecule has 0 bridgehead atoms. The summed E-state index contributed by atoms with van der Waals surface area (Å²) in [7, 11) is 3.23. The minimum Gasteiger partial charge on any atom is -0.878 e. The molecule has 0 amide bonds. The summed E-state index contributed by atoms with van der Waals surface area (Å²) in [6.07, 6.45) is 1.94. The van der Waals surface area contributed by atoms with Crippen molar-refractivity contribution in [1.29, 1.82) is 0 Å². The zero-order valence-electron chi connectivity index (χ0n) is 13.2. The van der Waals surface area contributed by atoms with Gasteiger partial charge in [0.2, 0.25) is 0 Å². The monoisotopic (exact) mass is 311 g/mol. The largest absolute Gasteiger partial charge is 1.00 e. The summed E-state index contributed by atoms with van der Waals surface area (Å²) in [6.45, 7) is 1.29. The molecule has 1 fully saturated rings. The van der Waals surface area contributed by atoms with E-state index in [1.54, 1.807) is 14.2 Å². The number of Topliss-reactive ketones (excluding diaryl/α,β-unsaturated/α-hetero) is 1. The SMILES string of the molecule is COc1cc2c(cc1OC)[C@H]1CC(=O)C(=C[O-])CN1CC2.[Na+]. The molecule has 22 heavy (non-hydrogen) atoms. The maximum absolute atomic E-state index is 12.0. The number of methoxy groups -OCH3 is 2. The molecule has 0 aromatic heterocycles. The maximum Gasteiger partial charge on any atom is 1.00 e. The Morgan fingerprint density at radius 2 is 1.95 bits per heavy atom. The van der Waals surface area contributed by atoms with Crippen LogP contribution >= 0.6 is 0 Å². The first kappa shape index (κ1) is 17.3. The molecule has 0 N–H and O–H groups in total. The van der Waals surface area contributed by atoms with Gasteiger partial charge in [-0.05, 0) is 35.3 Å². The molecule has 0 aliphatic carbocycles.